The van der Waals surface area contributed by atoms with Crippen LogP contribution in [0.5, 0.6) is 0 Å². The van der Waals surface area contributed by atoms with Crippen molar-refractivity contribution in [3.63, 3.8) is 0 Å². The second kappa shape index (κ2) is 5.90. The van der Waals surface area contributed by atoms with E-state index in [9.17, 15) is 13.2 Å². The summed E-state index contributed by atoms with van der Waals surface area (Å²) in [5.41, 5.74) is 1.09. The first-order valence-electron chi connectivity index (χ1n) is 7.61. The number of nitrogens with zero attached hydrogens (tertiary/aromatic N) is 2. The highest BCUT2D eigenvalue weighted by atomic mass is 32.2. The SMILES string of the molecule is C[C@H]1CCc2nc(NC(=O)[C@@H]3CCCN3S(C)(=O)=O)sc2C1. The summed E-state index contributed by atoms with van der Waals surface area (Å²) in [7, 11) is -3.34. The molecular weight excluding hydrogens is 322 g/mol. The van der Waals surface area contributed by atoms with Crippen LogP contribution >= 0.6 is 11.3 Å². The highest BCUT2D eigenvalue weighted by Crippen LogP contribution is 2.32. The van der Waals surface area contributed by atoms with Gasteiger partial charge in [0.2, 0.25) is 15.9 Å². The molecule has 2 aliphatic rings. The van der Waals surface area contributed by atoms with Crippen molar-refractivity contribution < 1.29 is 13.2 Å². The van der Waals surface area contributed by atoms with Crippen molar-refractivity contribution in [2.24, 2.45) is 5.92 Å². The number of sulfonamides is 1. The van der Waals surface area contributed by atoms with Gasteiger partial charge >= 0.3 is 0 Å². The standard InChI is InChI=1S/C14H21N3O3S2/c1-9-5-6-10-12(8-9)21-14(15-10)16-13(18)11-4-3-7-17(11)22(2,19)20/h9,11H,3-8H2,1-2H3,(H,15,16,18)/t9-,11-/m0/s1. The van der Waals surface area contributed by atoms with E-state index in [-0.39, 0.29) is 5.91 Å². The van der Waals surface area contributed by atoms with Crippen molar-refractivity contribution in [2.45, 2.75) is 45.1 Å². The average Bonchev–Trinajstić information content (AvgIpc) is 3.02. The Morgan fingerprint density at radius 2 is 2.18 bits per heavy atom. The fraction of sp³-hybridized carbons (Fsp3) is 0.714. The van der Waals surface area contributed by atoms with E-state index in [1.807, 2.05) is 0 Å². The van der Waals surface area contributed by atoms with Crippen LogP contribution in [-0.2, 0) is 27.7 Å². The van der Waals surface area contributed by atoms with E-state index >= 15 is 0 Å². The summed E-state index contributed by atoms with van der Waals surface area (Å²) in [5, 5.41) is 3.42. The van der Waals surface area contributed by atoms with Gasteiger partial charge in [0.05, 0.1) is 11.9 Å². The van der Waals surface area contributed by atoms with E-state index in [0.29, 0.717) is 24.0 Å². The van der Waals surface area contributed by atoms with E-state index in [2.05, 4.69) is 17.2 Å². The molecule has 22 heavy (non-hydrogen) atoms. The quantitative estimate of drug-likeness (QED) is 0.905. The molecule has 1 aliphatic heterocycles. The second-order valence-electron chi connectivity index (χ2n) is 6.26. The zero-order valence-corrected chi connectivity index (χ0v) is 14.5. The molecule has 6 nitrogen and oxygen atoms in total. The maximum Gasteiger partial charge on any atom is 0.244 e. The van der Waals surface area contributed by atoms with E-state index in [1.165, 1.54) is 20.5 Å². The van der Waals surface area contributed by atoms with E-state index in [4.69, 9.17) is 0 Å². The van der Waals surface area contributed by atoms with Gasteiger partial charge in [-0.1, -0.05) is 6.92 Å². The molecule has 0 spiro atoms. The minimum Gasteiger partial charge on any atom is -0.301 e. The van der Waals surface area contributed by atoms with Crippen LogP contribution < -0.4 is 5.32 Å². The third kappa shape index (κ3) is 3.18. The number of aromatic nitrogens is 1. The number of nitrogens with one attached hydrogen (secondary N) is 1. The summed E-state index contributed by atoms with van der Waals surface area (Å²) < 4.78 is 24.7. The maximum atomic E-state index is 12.4. The highest BCUT2D eigenvalue weighted by Gasteiger charge is 2.36. The maximum absolute atomic E-state index is 12.4. The van der Waals surface area contributed by atoms with Gasteiger partial charge in [0.1, 0.15) is 6.04 Å². The lowest BCUT2D eigenvalue weighted by Gasteiger charge is -2.20. The van der Waals surface area contributed by atoms with Crippen LogP contribution in [0.1, 0.15) is 36.8 Å². The number of aryl methyl sites for hydroxylation is 1. The van der Waals surface area contributed by atoms with Crippen LogP contribution in [0.4, 0.5) is 5.13 Å². The van der Waals surface area contributed by atoms with Crippen molar-refractivity contribution in [3.8, 4) is 0 Å². The molecule has 0 saturated carbocycles. The number of anilines is 1. The van der Waals surface area contributed by atoms with Gasteiger partial charge in [-0.05, 0) is 38.0 Å². The first kappa shape index (κ1) is 15.9. The zero-order valence-electron chi connectivity index (χ0n) is 12.8. The minimum atomic E-state index is -3.34. The van der Waals surface area contributed by atoms with E-state index in [0.717, 1.165) is 37.6 Å². The first-order chi connectivity index (χ1) is 10.3. The molecule has 1 aliphatic carbocycles. The van der Waals surface area contributed by atoms with Crippen molar-refractivity contribution in [3.05, 3.63) is 10.6 Å². The molecule has 0 unspecified atom stereocenters. The fourth-order valence-electron chi connectivity index (χ4n) is 3.18. The molecule has 1 N–H and O–H groups in total. The molecule has 8 heteroatoms. The normalized spacial score (nSPS) is 25.9. The lowest BCUT2D eigenvalue weighted by molar-refractivity contribution is -0.119. The summed E-state index contributed by atoms with van der Waals surface area (Å²) in [5.74, 6) is 0.397. The molecule has 2 heterocycles. The number of amides is 1. The number of rotatable bonds is 3. The number of hydrogen-bond acceptors (Lipinski definition) is 5. The van der Waals surface area contributed by atoms with E-state index in [1.54, 1.807) is 0 Å². The molecule has 2 atom stereocenters. The predicted octanol–water partition coefficient (Wildman–Crippen LogP) is 1.63. The van der Waals surface area contributed by atoms with Gasteiger partial charge in [-0.15, -0.1) is 11.3 Å². The van der Waals surface area contributed by atoms with E-state index < -0.39 is 16.1 Å². The van der Waals surface area contributed by atoms with Crippen molar-refractivity contribution in [1.82, 2.24) is 9.29 Å². The molecule has 0 aromatic carbocycles. The average molecular weight is 343 g/mol. The molecule has 3 rings (SSSR count). The summed E-state index contributed by atoms with van der Waals surface area (Å²) in [4.78, 5) is 18.2. The number of carbonyl (C=O) groups excluding carboxylic acids is 1. The zero-order chi connectivity index (χ0) is 15.9. The predicted molar refractivity (Wildman–Crippen MR) is 86.5 cm³/mol. The fourth-order valence-corrected chi connectivity index (χ4v) is 5.48. The van der Waals surface area contributed by atoms with Gasteiger partial charge in [0.15, 0.2) is 5.13 Å². The molecular formula is C14H21N3O3S2. The Bertz CT molecular complexity index is 684. The molecule has 0 radical (unpaired) electrons. The Morgan fingerprint density at radius 1 is 1.41 bits per heavy atom. The Hall–Kier alpha value is -0.990. The van der Waals surface area contributed by atoms with Crippen LogP contribution in [0.25, 0.3) is 0 Å². The summed E-state index contributed by atoms with van der Waals surface area (Å²) in [6.45, 7) is 2.65. The van der Waals surface area contributed by atoms with Crippen LogP contribution in [0.15, 0.2) is 0 Å². The molecule has 0 bridgehead atoms. The number of fused-ring (bicyclic) bond motifs is 1. The van der Waals surface area contributed by atoms with Crippen molar-refractivity contribution >= 4 is 32.4 Å². The molecule has 122 valence electrons. The molecule has 1 saturated heterocycles. The highest BCUT2D eigenvalue weighted by molar-refractivity contribution is 7.88. The number of thiazole rings is 1. The second-order valence-corrected chi connectivity index (χ2v) is 9.28. The van der Waals surface area contributed by atoms with Gasteiger partial charge in [0.25, 0.3) is 0 Å². The van der Waals surface area contributed by atoms with Gasteiger partial charge in [-0.3, -0.25) is 4.79 Å². The summed E-state index contributed by atoms with van der Waals surface area (Å²) in [6, 6.07) is -0.602. The molecule has 1 fully saturated rings. The van der Waals surface area contributed by atoms with Crippen LogP contribution in [0.3, 0.4) is 0 Å². The third-order valence-corrected chi connectivity index (χ3v) is 6.67. The molecule has 1 aromatic rings. The summed E-state index contributed by atoms with van der Waals surface area (Å²) in [6.07, 6.45) is 5.55. The topological polar surface area (TPSA) is 79.4 Å². The Balaban J connectivity index is 1.72. The Morgan fingerprint density at radius 3 is 2.91 bits per heavy atom. The number of carbonyl (C=O) groups is 1. The summed E-state index contributed by atoms with van der Waals surface area (Å²) >= 11 is 1.52. The Labute approximate surface area is 135 Å². The molecule has 1 amide bonds. The van der Waals surface area contributed by atoms with Gasteiger partial charge < -0.3 is 5.32 Å². The molecule has 1 aromatic heterocycles. The van der Waals surface area contributed by atoms with Gasteiger partial charge in [0, 0.05) is 11.4 Å². The van der Waals surface area contributed by atoms with Crippen LogP contribution in [0, 0.1) is 5.92 Å². The van der Waals surface area contributed by atoms with Crippen LogP contribution in [0.2, 0.25) is 0 Å². The lowest BCUT2D eigenvalue weighted by Crippen LogP contribution is -2.42. The van der Waals surface area contributed by atoms with Crippen molar-refractivity contribution in [1.29, 1.82) is 0 Å². The lowest BCUT2D eigenvalue weighted by atomic mass is 9.93. The third-order valence-electron chi connectivity index (χ3n) is 4.35. The van der Waals surface area contributed by atoms with Crippen molar-refractivity contribution in [2.75, 3.05) is 18.1 Å². The van der Waals surface area contributed by atoms with Crippen LogP contribution in [-0.4, -0.2) is 42.5 Å². The number of hydrogen-bond donors (Lipinski definition) is 1. The van der Waals surface area contributed by atoms with Gasteiger partial charge in [-0.2, -0.15) is 4.31 Å². The largest absolute Gasteiger partial charge is 0.301 e. The first-order valence-corrected chi connectivity index (χ1v) is 10.3. The minimum absolute atomic E-state index is 0.262. The van der Waals surface area contributed by atoms with Gasteiger partial charge in [-0.25, -0.2) is 13.4 Å². The smallest absolute Gasteiger partial charge is 0.244 e. The monoisotopic (exact) mass is 343 g/mol. The Kier molecular flexibility index (Phi) is 4.26.